The van der Waals surface area contributed by atoms with E-state index in [1.807, 2.05) is 6.92 Å². The van der Waals surface area contributed by atoms with Gasteiger partial charge in [0.1, 0.15) is 42.7 Å². The van der Waals surface area contributed by atoms with Crippen LogP contribution < -0.4 is 0 Å². The van der Waals surface area contributed by atoms with E-state index in [-0.39, 0.29) is 18.3 Å². The zero-order chi connectivity index (χ0) is 30.6. The Morgan fingerprint density at radius 3 is 2.14 bits per heavy atom. The average Bonchev–Trinajstić information content (AvgIpc) is 2.98. The van der Waals surface area contributed by atoms with Crippen LogP contribution in [0.1, 0.15) is 78.1 Å². The number of ether oxygens (including phenoxy) is 5. The largest absolute Gasteiger partial charge is 0.479 e. The summed E-state index contributed by atoms with van der Waals surface area (Å²) in [5.74, 6) is -1.05. The van der Waals surface area contributed by atoms with Crippen LogP contribution in [0, 0.1) is 11.8 Å². The first-order valence-electron chi connectivity index (χ1n) is 15.6. The lowest BCUT2D eigenvalue weighted by molar-refractivity contribution is -0.349. The molecule has 2 saturated heterocycles. The number of rotatable bonds is 11. The molecule has 7 N–H and O–H groups in total. The molecule has 4 aliphatic rings. The molecule has 5 unspecified atom stereocenters. The monoisotopic (exact) mass is 606 g/mol. The van der Waals surface area contributed by atoms with E-state index in [0.29, 0.717) is 12.8 Å². The van der Waals surface area contributed by atoms with Crippen molar-refractivity contribution in [3.63, 3.8) is 0 Å². The SMILES string of the molecule is CCC1CCC[C@@H](O[C@@H]2O[C@@H](CO)[C@H](O)C(O[C@@H](CC3CCCCC3)C(=O)O)C2O)[C@@H]1O[C@@H]1OC(C)[C@@H](O)[C@H](O)C1O. The average molecular weight is 607 g/mol. The summed E-state index contributed by atoms with van der Waals surface area (Å²) in [6, 6.07) is 0. The van der Waals surface area contributed by atoms with Crippen molar-refractivity contribution in [1.29, 1.82) is 0 Å². The van der Waals surface area contributed by atoms with Crippen molar-refractivity contribution in [1.82, 2.24) is 0 Å². The van der Waals surface area contributed by atoms with Gasteiger partial charge in [-0.25, -0.2) is 4.79 Å². The molecule has 0 aromatic carbocycles. The van der Waals surface area contributed by atoms with Gasteiger partial charge in [-0.05, 0) is 38.0 Å². The third kappa shape index (κ3) is 7.81. The quantitative estimate of drug-likeness (QED) is 0.166. The van der Waals surface area contributed by atoms with Gasteiger partial charge in [-0.15, -0.1) is 0 Å². The van der Waals surface area contributed by atoms with Crippen molar-refractivity contribution in [2.75, 3.05) is 6.61 Å². The molecule has 2 saturated carbocycles. The van der Waals surface area contributed by atoms with Crippen molar-refractivity contribution in [3.8, 4) is 0 Å². The van der Waals surface area contributed by atoms with Crippen LogP contribution in [0.15, 0.2) is 0 Å². The van der Waals surface area contributed by atoms with E-state index in [4.69, 9.17) is 23.7 Å². The normalized spacial score (nSPS) is 44.5. The minimum atomic E-state index is -1.58. The number of aliphatic hydroxyl groups excluding tert-OH is 6. The van der Waals surface area contributed by atoms with Gasteiger partial charge >= 0.3 is 5.97 Å². The molecule has 42 heavy (non-hydrogen) atoms. The highest BCUT2D eigenvalue weighted by molar-refractivity contribution is 5.72. The smallest absolute Gasteiger partial charge is 0.332 e. The lowest BCUT2D eigenvalue weighted by Gasteiger charge is -2.47. The third-order valence-electron chi connectivity index (χ3n) is 9.52. The number of aliphatic carboxylic acids is 1. The highest BCUT2D eigenvalue weighted by atomic mass is 16.7. The summed E-state index contributed by atoms with van der Waals surface area (Å²) in [5, 5.41) is 72.9. The van der Waals surface area contributed by atoms with Crippen LogP contribution in [0.2, 0.25) is 0 Å². The van der Waals surface area contributed by atoms with Gasteiger partial charge in [0.2, 0.25) is 0 Å². The Hall–Kier alpha value is -0.970. The molecule has 4 fully saturated rings. The van der Waals surface area contributed by atoms with Crippen molar-refractivity contribution in [2.45, 2.75) is 158 Å². The number of hydrogen-bond acceptors (Lipinski definition) is 12. The Bertz CT molecular complexity index is 840. The Balaban J connectivity index is 1.49. The molecule has 4 rings (SSSR count). The van der Waals surface area contributed by atoms with Crippen LogP contribution in [-0.2, 0) is 28.5 Å². The van der Waals surface area contributed by atoms with Crippen molar-refractivity contribution in [2.24, 2.45) is 11.8 Å². The highest BCUT2D eigenvalue weighted by Gasteiger charge is 2.50. The number of carboxylic acids is 1. The number of carbonyl (C=O) groups is 1. The van der Waals surface area contributed by atoms with Gasteiger partial charge in [0, 0.05) is 0 Å². The van der Waals surface area contributed by atoms with Crippen LogP contribution in [0.3, 0.4) is 0 Å². The molecule has 2 aliphatic carbocycles. The lowest BCUT2D eigenvalue weighted by Crippen LogP contribution is -2.63. The van der Waals surface area contributed by atoms with Crippen molar-refractivity contribution < 1.29 is 64.2 Å². The molecular formula is C29H50O13. The second kappa shape index (κ2) is 15.3. The Labute approximate surface area is 246 Å². The first-order valence-corrected chi connectivity index (χ1v) is 15.6. The Morgan fingerprint density at radius 1 is 0.810 bits per heavy atom. The summed E-state index contributed by atoms with van der Waals surface area (Å²) in [7, 11) is 0. The highest BCUT2D eigenvalue weighted by Crippen LogP contribution is 2.37. The number of carboxylic acid groups (broad SMARTS) is 1. The minimum Gasteiger partial charge on any atom is -0.479 e. The lowest BCUT2D eigenvalue weighted by atomic mass is 9.82. The van der Waals surface area contributed by atoms with Gasteiger partial charge in [-0.2, -0.15) is 0 Å². The zero-order valence-electron chi connectivity index (χ0n) is 24.5. The van der Waals surface area contributed by atoms with Gasteiger partial charge in [0.25, 0.3) is 0 Å². The number of hydrogen-bond donors (Lipinski definition) is 7. The molecule has 2 aliphatic heterocycles. The summed E-state index contributed by atoms with van der Waals surface area (Å²) in [6.07, 6.45) is -7.95. The second-order valence-corrected chi connectivity index (χ2v) is 12.4. The van der Waals surface area contributed by atoms with E-state index in [1.54, 1.807) is 6.92 Å². The summed E-state index contributed by atoms with van der Waals surface area (Å²) in [6.45, 7) is 2.93. The van der Waals surface area contributed by atoms with Crippen LogP contribution in [-0.4, -0.2) is 128 Å². The van der Waals surface area contributed by atoms with Gasteiger partial charge < -0.3 is 59.4 Å². The second-order valence-electron chi connectivity index (χ2n) is 12.4. The maximum absolute atomic E-state index is 12.1. The van der Waals surface area contributed by atoms with Crippen LogP contribution in [0.5, 0.6) is 0 Å². The first-order chi connectivity index (χ1) is 20.0. The maximum atomic E-state index is 12.1. The summed E-state index contributed by atoms with van der Waals surface area (Å²) in [5.41, 5.74) is 0. The minimum absolute atomic E-state index is 0.0299. The summed E-state index contributed by atoms with van der Waals surface area (Å²) >= 11 is 0. The molecule has 0 aromatic heterocycles. The standard InChI is InChI=1S/C29H50O13/c1-3-16-10-7-11-17(25(16)42-28-23(34)22(33)20(31)14(2)38-28)40-29-24(35)26(21(32)19(13-30)41-29)39-18(27(36)37)12-15-8-5-4-6-9-15/h14-26,28-35H,3-13H2,1-2H3,(H,36,37)/t14?,16?,17-,18+,19+,20-,21+,22+,23?,24?,25-,26?,28+,29-/m1/s1. The van der Waals surface area contributed by atoms with Gasteiger partial charge in [0.15, 0.2) is 18.7 Å². The zero-order valence-corrected chi connectivity index (χ0v) is 24.5. The molecule has 2 heterocycles. The summed E-state index contributed by atoms with van der Waals surface area (Å²) < 4.78 is 29.7. The fraction of sp³-hybridized carbons (Fsp3) is 0.966. The molecule has 13 nitrogen and oxygen atoms in total. The topological polar surface area (TPSA) is 205 Å². The fourth-order valence-corrected chi connectivity index (χ4v) is 6.90. The third-order valence-corrected chi connectivity index (χ3v) is 9.52. The number of aliphatic hydroxyl groups is 6. The molecule has 0 radical (unpaired) electrons. The molecule has 0 bridgehead atoms. The molecule has 0 spiro atoms. The Kier molecular flexibility index (Phi) is 12.4. The van der Waals surface area contributed by atoms with Crippen LogP contribution >= 0.6 is 0 Å². The summed E-state index contributed by atoms with van der Waals surface area (Å²) in [4.78, 5) is 12.1. The maximum Gasteiger partial charge on any atom is 0.332 e. The van der Waals surface area contributed by atoms with E-state index in [9.17, 15) is 40.5 Å². The molecular weight excluding hydrogens is 556 g/mol. The van der Waals surface area contributed by atoms with Crippen LogP contribution in [0.4, 0.5) is 0 Å². The van der Waals surface area contributed by atoms with E-state index in [1.165, 1.54) is 0 Å². The fourth-order valence-electron chi connectivity index (χ4n) is 6.90. The van der Waals surface area contributed by atoms with Crippen molar-refractivity contribution >= 4 is 5.97 Å². The Morgan fingerprint density at radius 2 is 1.50 bits per heavy atom. The van der Waals surface area contributed by atoms with Gasteiger partial charge in [-0.1, -0.05) is 51.9 Å². The van der Waals surface area contributed by atoms with Gasteiger partial charge in [0.05, 0.1) is 24.9 Å². The molecule has 244 valence electrons. The molecule has 14 atom stereocenters. The van der Waals surface area contributed by atoms with E-state index < -0.39 is 92.3 Å². The van der Waals surface area contributed by atoms with E-state index in [0.717, 1.165) is 44.9 Å². The predicted octanol–water partition coefficient (Wildman–Crippen LogP) is 0.0422. The van der Waals surface area contributed by atoms with E-state index >= 15 is 0 Å². The predicted molar refractivity (Wildman–Crippen MR) is 145 cm³/mol. The molecule has 0 aromatic rings. The molecule has 0 amide bonds. The van der Waals surface area contributed by atoms with Crippen LogP contribution in [0.25, 0.3) is 0 Å². The first kappa shape index (κ1) is 33.9. The van der Waals surface area contributed by atoms with Gasteiger partial charge in [-0.3, -0.25) is 0 Å². The van der Waals surface area contributed by atoms with E-state index in [2.05, 4.69) is 0 Å². The molecule has 13 heteroatoms. The van der Waals surface area contributed by atoms with Crippen molar-refractivity contribution in [3.05, 3.63) is 0 Å².